The molecule has 2 aromatic heterocycles. The Hall–Kier alpha value is -6.64. The van der Waals surface area contributed by atoms with Crippen molar-refractivity contribution in [1.82, 2.24) is 9.13 Å². The molecule has 238 valence electrons. The molecule has 1 aliphatic rings. The maximum absolute atomic E-state index is 2.41. The molecule has 0 amide bonds. The fraction of sp³-hybridized carbons (Fsp3) is 0.0204. The quantitative estimate of drug-likeness (QED) is 0.180. The first-order valence-corrected chi connectivity index (χ1v) is 17.7. The van der Waals surface area contributed by atoms with E-state index in [1.165, 1.54) is 99.5 Å². The highest BCUT2D eigenvalue weighted by Gasteiger charge is 2.20. The smallest absolute Gasteiger partial charge is 0.0541 e. The van der Waals surface area contributed by atoms with Crippen molar-refractivity contribution in [3.05, 3.63) is 193 Å². The van der Waals surface area contributed by atoms with Gasteiger partial charge in [-0.25, -0.2) is 0 Å². The van der Waals surface area contributed by atoms with E-state index < -0.39 is 0 Å². The van der Waals surface area contributed by atoms with Crippen LogP contribution >= 0.6 is 0 Å². The lowest BCUT2D eigenvalue weighted by Gasteiger charge is -2.09. The summed E-state index contributed by atoms with van der Waals surface area (Å²) in [6.45, 7) is 0. The minimum Gasteiger partial charge on any atom is -0.309 e. The van der Waals surface area contributed by atoms with Gasteiger partial charge in [-0.1, -0.05) is 115 Å². The summed E-state index contributed by atoms with van der Waals surface area (Å²) in [5.74, 6) is 0. The van der Waals surface area contributed by atoms with Crippen molar-refractivity contribution in [2.45, 2.75) is 6.42 Å². The molecular formula is C49H32N2. The van der Waals surface area contributed by atoms with Gasteiger partial charge in [-0.2, -0.15) is 0 Å². The molecule has 0 atom stereocenters. The summed E-state index contributed by atoms with van der Waals surface area (Å²) in [5.41, 5.74) is 17.7. The summed E-state index contributed by atoms with van der Waals surface area (Å²) in [7, 11) is 0. The van der Waals surface area contributed by atoms with Crippen LogP contribution in [0, 0.1) is 0 Å². The van der Waals surface area contributed by atoms with Gasteiger partial charge >= 0.3 is 0 Å². The van der Waals surface area contributed by atoms with Gasteiger partial charge < -0.3 is 9.13 Å². The highest BCUT2D eigenvalue weighted by Crippen LogP contribution is 2.42. The van der Waals surface area contributed by atoms with Crippen LogP contribution in [-0.4, -0.2) is 9.13 Å². The molecule has 0 saturated carbocycles. The van der Waals surface area contributed by atoms with E-state index in [2.05, 4.69) is 191 Å². The number of rotatable bonds is 4. The number of hydrogen-bond donors (Lipinski definition) is 0. The molecule has 1 aliphatic carbocycles. The number of fused-ring (bicyclic) bond motifs is 9. The molecule has 0 bridgehead atoms. The van der Waals surface area contributed by atoms with Gasteiger partial charge in [0.25, 0.3) is 0 Å². The molecule has 0 fully saturated rings. The van der Waals surface area contributed by atoms with Crippen molar-refractivity contribution in [2.24, 2.45) is 0 Å². The number of aromatic nitrogens is 2. The van der Waals surface area contributed by atoms with Crippen LogP contribution in [0.1, 0.15) is 11.1 Å². The van der Waals surface area contributed by atoms with E-state index in [0.717, 1.165) is 6.42 Å². The normalized spacial score (nSPS) is 12.2. The largest absolute Gasteiger partial charge is 0.309 e. The minimum absolute atomic E-state index is 0.993. The molecule has 0 aliphatic heterocycles. The van der Waals surface area contributed by atoms with E-state index in [1.54, 1.807) is 0 Å². The number of para-hydroxylation sites is 3. The third-order valence-electron chi connectivity index (χ3n) is 10.9. The van der Waals surface area contributed by atoms with E-state index in [-0.39, 0.29) is 0 Å². The van der Waals surface area contributed by atoms with Crippen LogP contribution in [0.25, 0.3) is 88.4 Å². The maximum Gasteiger partial charge on any atom is 0.0541 e. The standard InChI is InChI=1S/C49H32N2/c1-3-12-38(13-4-1)50-46-18-10-9-17-42(46)43-29-34(21-24-47(43)50)35-22-26-49-45(31-35)44-30-33(20-25-48(44)51(49)39-14-5-2-6-15-39)32-19-23-41-37(27-32)28-36-11-7-8-16-40(36)41/h1-27,29-31H,28H2. The van der Waals surface area contributed by atoms with Crippen molar-refractivity contribution in [2.75, 3.05) is 0 Å². The maximum atomic E-state index is 2.41. The average Bonchev–Trinajstić information content (AvgIpc) is 3.85. The van der Waals surface area contributed by atoms with Crippen molar-refractivity contribution >= 4 is 43.6 Å². The van der Waals surface area contributed by atoms with Gasteiger partial charge in [0.2, 0.25) is 0 Å². The van der Waals surface area contributed by atoms with Crippen LogP contribution in [0.5, 0.6) is 0 Å². The van der Waals surface area contributed by atoms with Gasteiger partial charge in [-0.15, -0.1) is 0 Å². The number of hydrogen-bond acceptors (Lipinski definition) is 0. The molecule has 2 heteroatoms. The number of nitrogens with zero attached hydrogens (tertiary/aromatic N) is 2. The molecule has 0 saturated heterocycles. The van der Waals surface area contributed by atoms with Crippen molar-refractivity contribution in [3.8, 4) is 44.8 Å². The first-order chi connectivity index (χ1) is 25.3. The molecule has 51 heavy (non-hydrogen) atoms. The zero-order chi connectivity index (χ0) is 33.5. The van der Waals surface area contributed by atoms with Crippen LogP contribution in [0.2, 0.25) is 0 Å². The van der Waals surface area contributed by atoms with Gasteiger partial charge in [-0.05, 0) is 118 Å². The third kappa shape index (κ3) is 4.30. The summed E-state index contributed by atoms with van der Waals surface area (Å²) in [6.07, 6.45) is 0.993. The zero-order valence-electron chi connectivity index (χ0n) is 27.9. The molecule has 0 unspecified atom stereocenters. The van der Waals surface area contributed by atoms with Gasteiger partial charge in [0, 0.05) is 32.9 Å². The second-order valence-electron chi connectivity index (χ2n) is 13.8. The Balaban J connectivity index is 1.10. The predicted octanol–water partition coefficient (Wildman–Crippen LogP) is 12.8. The lowest BCUT2D eigenvalue weighted by atomic mass is 9.97. The van der Waals surface area contributed by atoms with Crippen LogP contribution in [0.4, 0.5) is 0 Å². The second kappa shape index (κ2) is 10.9. The van der Waals surface area contributed by atoms with Crippen molar-refractivity contribution in [3.63, 3.8) is 0 Å². The Morgan fingerprint density at radius 2 is 0.725 bits per heavy atom. The molecular weight excluding hydrogens is 617 g/mol. The zero-order valence-corrected chi connectivity index (χ0v) is 27.9. The predicted molar refractivity (Wildman–Crippen MR) is 214 cm³/mol. The Morgan fingerprint density at radius 3 is 1.33 bits per heavy atom. The SMILES string of the molecule is c1ccc(-n2c3ccccc3c3cc(-c4ccc5c(c4)c4cc(-c6ccc7c(c6)Cc6ccccc6-7)ccc4n5-c4ccccc4)ccc32)cc1. The van der Waals surface area contributed by atoms with Gasteiger partial charge in [-0.3, -0.25) is 0 Å². The van der Waals surface area contributed by atoms with Crippen LogP contribution in [-0.2, 0) is 6.42 Å². The van der Waals surface area contributed by atoms with Crippen LogP contribution in [0.15, 0.2) is 182 Å². The lowest BCUT2D eigenvalue weighted by molar-refractivity contribution is 1.18. The summed E-state index contributed by atoms with van der Waals surface area (Å²) >= 11 is 0. The van der Waals surface area contributed by atoms with E-state index >= 15 is 0 Å². The fourth-order valence-electron chi connectivity index (χ4n) is 8.57. The Labute approximate surface area is 296 Å². The number of benzene rings is 8. The molecule has 0 spiro atoms. The molecule has 11 rings (SSSR count). The average molecular weight is 649 g/mol. The summed E-state index contributed by atoms with van der Waals surface area (Å²) in [4.78, 5) is 0. The minimum atomic E-state index is 0.993. The van der Waals surface area contributed by atoms with Gasteiger partial charge in [0.15, 0.2) is 0 Å². The first kappa shape index (κ1) is 28.2. The lowest BCUT2D eigenvalue weighted by Crippen LogP contribution is -1.93. The Kier molecular flexibility index (Phi) is 6.05. The topological polar surface area (TPSA) is 9.86 Å². The van der Waals surface area contributed by atoms with E-state index in [1.807, 2.05) is 0 Å². The molecule has 2 heterocycles. The monoisotopic (exact) mass is 648 g/mol. The molecule has 0 radical (unpaired) electrons. The molecule has 8 aromatic carbocycles. The highest BCUT2D eigenvalue weighted by atomic mass is 15.0. The second-order valence-corrected chi connectivity index (χ2v) is 13.8. The summed E-state index contributed by atoms with van der Waals surface area (Å²) in [6, 6.07) is 66.9. The van der Waals surface area contributed by atoms with Crippen molar-refractivity contribution < 1.29 is 0 Å². The van der Waals surface area contributed by atoms with Crippen LogP contribution < -0.4 is 0 Å². The first-order valence-electron chi connectivity index (χ1n) is 17.7. The third-order valence-corrected chi connectivity index (χ3v) is 10.9. The highest BCUT2D eigenvalue weighted by molar-refractivity contribution is 6.13. The molecule has 10 aromatic rings. The van der Waals surface area contributed by atoms with Gasteiger partial charge in [0.05, 0.1) is 22.1 Å². The Bertz CT molecular complexity index is 2980. The van der Waals surface area contributed by atoms with Gasteiger partial charge in [0.1, 0.15) is 0 Å². The summed E-state index contributed by atoms with van der Waals surface area (Å²) in [5, 5.41) is 5.05. The van der Waals surface area contributed by atoms with E-state index in [4.69, 9.17) is 0 Å². The molecule has 0 N–H and O–H groups in total. The van der Waals surface area contributed by atoms with Crippen molar-refractivity contribution in [1.29, 1.82) is 0 Å². The van der Waals surface area contributed by atoms with E-state index in [0.29, 0.717) is 0 Å². The fourth-order valence-corrected chi connectivity index (χ4v) is 8.57. The Morgan fingerprint density at radius 1 is 0.294 bits per heavy atom. The summed E-state index contributed by atoms with van der Waals surface area (Å²) < 4.78 is 4.79. The molecule has 2 nitrogen and oxygen atoms in total. The van der Waals surface area contributed by atoms with Crippen LogP contribution in [0.3, 0.4) is 0 Å². The van der Waals surface area contributed by atoms with E-state index in [9.17, 15) is 0 Å².